The molecule has 57 heavy (non-hydrogen) atoms. The number of fused-ring (bicyclic) bond motifs is 12. The number of esters is 1. The summed E-state index contributed by atoms with van der Waals surface area (Å²) in [6.07, 6.45) is -5.13. The van der Waals surface area contributed by atoms with Crippen LogP contribution in [0.25, 0.3) is 0 Å². The maximum absolute atomic E-state index is 12.7. The Labute approximate surface area is 330 Å². The highest BCUT2D eigenvalue weighted by Crippen LogP contribution is 2.27. The molecule has 7 unspecified atom stereocenters. The van der Waals surface area contributed by atoms with Crippen molar-refractivity contribution in [2.24, 2.45) is 0 Å². The third-order valence-corrected chi connectivity index (χ3v) is 9.95. The van der Waals surface area contributed by atoms with Gasteiger partial charge in [0.05, 0.1) is 39.3 Å². The van der Waals surface area contributed by atoms with Crippen LogP contribution >= 0.6 is 0 Å². The van der Waals surface area contributed by atoms with Crippen LogP contribution in [0.5, 0.6) is 0 Å². The Balaban J connectivity index is 0.000000253. The molecule has 6 N–H and O–H groups in total. The van der Waals surface area contributed by atoms with E-state index in [9.17, 15) is 34.2 Å². The number of aliphatic hydroxyl groups is 2. The standard InChI is InChI=1S/C18H30N4O7.C16H28N4O8/c1-14-10-19-2-4-20-6-8-22-9-7-21(5-3-19)12-16(24)28-18(26-14,27-15(23)11-20)29-17(25)13-22;21-13(22)9-17-1-2-18(10-14(23)24)5-6-20(12-16(27)28)8-7-19(4-3-17)11-15(25)26/h15,17,23,25H,1-13H2;1-12H2,(H,21,22)(H,23,24)(H,25,26)(H,27,28). The summed E-state index contributed by atoms with van der Waals surface area (Å²) < 4.78 is 22.4. The summed E-state index contributed by atoms with van der Waals surface area (Å²) in [6.45, 7) is 11.7. The molecule has 0 aromatic carbocycles. The van der Waals surface area contributed by atoms with Crippen molar-refractivity contribution in [1.82, 2.24) is 39.2 Å². The summed E-state index contributed by atoms with van der Waals surface area (Å²) in [6, 6.07) is 0. The molecule has 5 rings (SSSR count). The average Bonchev–Trinajstić information content (AvgIpc) is 3.14. The van der Waals surface area contributed by atoms with Crippen molar-refractivity contribution in [3.05, 3.63) is 12.3 Å². The molecule has 1 spiro atoms. The summed E-state index contributed by atoms with van der Waals surface area (Å²) in [4.78, 5) is 72.0. The molecule has 5 aliphatic heterocycles. The molecule has 0 amide bonds. The predicted molar refractivity (Wildman–Crippen MR) is 195 cm³/mol. The number of rotatable bonds is 8. The topological polar surface area (TPSA) is 270 Å². The van der Waals surface area contributed by atoms with Crippen molar-refractivity contribution in [2.75, 3.05) is 157 Å². The molecule has 324 valence electrons. The van der Waals surface area contributed by atoms with Gasteiger partial charge in [0.15, 0.2) is 12.6 Å². The zero-order valence-electron chi connectivity index (χ0n) is 32.3. The molecule has 0 aliphatic carbocycles. The fourth-order valence-corrected chi connectivity index (χ4v) is 7.04. The monoisotopic (exact) mass is 818 g/mol. The van der Waals surface area contributed by atoms with E-state index in [1.807, 2.05) is 4.90 Å². The molecule has 23 heteroatoms. The smallest absolute Gasteiger partial charge is 0.480 e. The van der Waals surface area contributed by atoms with Crippen molar-refractivity contribution in [2.45, 2.75) is 18.7 Å². The second-order valence-electron chi connectivity index (χ2n) is 14.6. The molecule has 5 heterocycles. The number of aliphatic hydroxyl groups excluding tert-OH is 2. The molecule has 0 aromatic heterocycles. The number of hydrogen-bond donors (Lipinski definition) is 6. The Bertz CT molecular complexity index is 1220. The first-order chi connectivity index (χ1) is 27.0. The van der Waals surface area contributed by atoms with Crippen molar-refractivity contribution in [1.29, 1.82) is 0 Å². The number of hydrogen-bond acceptors (Lipinski definition) is 19. The SMILES string of the molecule is C=C1CN2CCN3CCN4CCN(CC2)CC(O)OC(O1)(OC(=O)C3)OC(O)C4.O=C(O)CN1CCN(CC(=O)O)CCN(CC(=O)O)CCN(CC(=O)O)CC1. The lowest BCUT2D eigenvalue weighted by molar-refractivity contribution is -0.516. The van der Waals surface area contributed by atoms with Crippen LogP contribution in [0.4, 0.5) is 0 Å². The Morgan fingerprint density at radius 2 is 0.807 bits per heavy atom. The van der Waals surface area contributed by atoms with Gasteiger partial charge in [0.1, 0.15) is 5.76 Å². The lowest BCUT2D eigenvalue weighted by Gasteiger charge is -2.35. The van der Waals surface area contributed by atoms with Crippen LogP contribution in [0.1, 0.15) is 0 Å². The summed E-state index contributed by atoms with van der Waals surface area (Å²) >= 11 is 0. The number of carboxylic acids is 4. The normalized spacial score (nSPS) is 32.2. The summed E-state index contributed by atoms with van der Waals surface area (Å²) in [5.41, 5.74) is 0. The molecular weight excluding hydrogens is 760 g/mol. The molecule has 0 saturated carbocycles. The van der Waals surface area contributed by atoms with Crippen LogP contribution < -0.4 is 0 Å². The van der Waals surface area contributed by atoms with E-state index in [0.29, 0.717) is 91.6 Å². The highest BCUT2D eigenvalue weighted by atomic mass is 17.0. The highest BCUT2D eigenvalue weighted by Gasteiger charge is 2.48. The molecule has 23 nitrogen and oxygen atoms in total. The number of carboxylic acid groups (broad SMARTS) is 4. The Morgan fingerprint density at radius 1 is 0.509 bits per heavy atom. The summed E-state index contributed by atoms with van der Waals surface area (Å²) in [7, 11) is 0. The molecule has 5 aliphatic rings. The molecule has 5 fully saturated rings. The Hall–Kier alpha value is -3.59. The first-order valence-corrected chi connectivity index (χ1v) is 19.0. The first kappa shape index (κ1) is 46.1. The van der Waals surface area contributed by atoms with Gasteiger partial charge in [-0.15, -0.1) is 0 Å². The highest BCUT2D eigenvalue weighted by molar-refractivity contribution is 5.72. The van der Waals surface area contributed by atoms with E-state index in [0.717, 1.165) is 19.6 Å². The van der Waals surface area contributed by atoms with E-state index in [2.05, 4.69) is 21.3 Å². The van der Waals surface area contributed by atoms with Crippen molar-refractivity contribution < 1.29 is 73.6 Å². The zero-order valence-corrected chi connectivity index (χ0v) is 32.3. The van der Waals surface area contributed by atoms with Crippen LogP contribution in [0.15, 0.2) is 12.3 Å². The predicted octanol–water partition coefficient (Wildman–Crippen LogP) is -4.85. The van der Waals surface area contributed by atoms with E-state index >= 15 is 0 Å². The first-order valence-electron chi connectivity index (χ1n) is 19.0. The fraction of sp³-hybridized carbons (Fsp3) is 0.794. The largest absolute Gasteiger partial charge is 0.516 e. The van der Waals surface area contributed by atoms with Gasteiger partial charge in [-0.25, -0.2) is 0 Å². The third kappa shape index (κ3) is 17.0. The second kappa shape index (κ2) is 22.5. The number of carbonyl (C=O) groups is 5. The molecule has 5 bridgehead atoms. The lowest BCUT2D eigenvalue weighted by Crippen LogP contribution is -2.51. The van der Waals surface area contributed by atoms with Crippen LogP contribution in [0.2, 0.25) is 0 Å². The van der Waals surface area contributed by atoms with Gasteiger partial charge in [-0.05, 0) is 0 Å². The van der Waals surface area contributed by atoms with E-state index in [4.69, 9.17) is 39.4 Å². The van der Waals surface area contributed by atoms with Crippen LogP contribution in [0, 0.1) is 0 Å². The fourth-order valence-electron chi connectivity index (χ4n) is 7.04. The van der Waals surface area contributed by atoms with Gasteiger partial charge in [-0.3, -0.25) is 72.6 Å². The second-order valence-corrected chi connectivity index (χ2v) is 14.6. The summed E-state index contributed by atoms with van der Waals surface area (Å²) in [5.74, 6) is -4.46. The van der Waals surface area contributed by atoms with E-state index in [1.54, 1.807) is 19.6 Å². The van der Waals surface area contributed by atoms with Crippen molar-refractivity contribution in [3.63, 3.8) is 0 Å². The molecule has 7 atom stereocenters. The average molecular weight is 819 g/mol. The minimum absolute atomic E-state index is 0.0182. The van der Waals surface area contributed by atoms with E-state index < -0.39 is 48.6 Å². The van der Waals surface area contributed by atoms with Gasteiger partial charge < -0.3 is 40.1 Å². The lowest BCUT2D eigenvalue weighted by atomic mass is 10.3. The van der Waals surface area contributed by atoms with Crippen molar-refractivity contribution in [3.8, 4) is 0 Å². The van der Waals surface area contributed by atoms with Crippen LogP contribution in [0.3, 0.4) is 0 Å². The van der Waals surface area contributed by atoms with Gasteiger partial charge in [0, 0.05) is 118 Å². The molecule has 0 radical (unpaired) electrons. The summed E-state index contributed by atoms with van der Waals surface area (Å²) in [5, 5.41) is 57.4. The Morgan fingerprint density at radius 3 is 1.12 bits per heavy atom. The van der Waals surface area contributed by atoms with Crippen molar-refractivity contribution >= 4 is 29.8 Å². The van der Waals surface area contributed by atoms with E-state index in [1.165, 1.54) is 0 Å². The number of carbonyl (C=O) groups excluding carboxylic acids is 1. The maximum Gasteiger partial charge on any atom is 0.516 e. The Kier molecular flexibility index (Phi) is 18.2. The molecule has 5 saturated heterocycles. The van der Waals surface area contributed by atoms with Gasteiger partial charge in [0.25, 0.3) is 0 Å². The van der Waals surface area contributed by atoms with Gasteiger partial charge >= 0.3 is 36.0 Å². The minimum Gasteiger partial charge on any atom is -0.480 e. The number of aliphatic carboxylic acids is 4. The van der Waals surface area contributed by atoms with Crippen LogP contribution in [-0.2, 0) is 42.9 Å². The minimum atomic E-state index is -2.41. The quantitative estimate of drug-likeness (QED) is 0.125. The molecular formula is C34H58N8O15. The number of nitrogens with zero attached hydrogens (tertiary/aromatic N) is 8. The van der Waals surface area contributed by atoms with E-state index in [-0.39, 0.29) is 51.6 Å². The maximum atomic E-state index is 12.7. The van der Waals surface area contributed by atoms with Gasteiger partial charge in [-0.2, -0.15) is 0 Å². The zero-order chi connectivity index (χ0) is 41.5. The molecule has 0 aromatic rings. The van der Waals surface area contributed by atoms with Gasteiger partial charge in [-0.1, -0.05) is 6.58 Å². The number of ether oxygens (including phenoxy) is 4. The third-order valence-electron chi connectivity index (χ3n) is 9.95. The van der Waals surface area contributed by atoms with Gasteiger partial charge in [0.2, 0.25) is 0 Å². The van der Waals surface area contributed by atoms with Crippen LogP contribution in [-0.4, -0.2) is 275 Å².